The summed E-state index contributed by atoms with van der Waals surface area (Å²) < 4.78 is 10.4. The Hall–Kier alpha value is -1.26. The van der Waals surface area contributed by atoms with E-state index < -0.39 is 11.7 Å². The van der Waals surface area contributed by atoms with E-state index in [4.69, 9.17) is 9.47 Å². The third kappa shape index (κ3) is 4.55. The number of alkyl carbamates (subject to hydrolysis) is 1. The Morgan fingerprint density at radius 2 is 2.06 bits per heavy atom. The average Bonchev–Trinajstić information content (AvgIpc) is 2.57. The number of rotatable bonds is 3. The molecule has 1 aliphatic rings. The SMILES string of the molecule is CC(C)[C@H](NC(=O)OC(C)(C)C)[C@@H]1CCC(=O)O1. The molecule has 0 spiro atoms. The van der Waals surface area contributed by atoms with Crippen molar-refractivity contribution in [1.29, 1.82) is 0 Å². The molecule has 0 unspecified atom stereocenters. The molecular weight excluding hydrogens is 234 g/mol. The quantitative estimate of drug-likeness (QED) is 0.787. The molecule has 2 atom stereocenters. The van der Waals surface area contributed by atoms with Gasteiger partial charge in [0.2, 0.25) is 0 Å². The van der Waals surface area contributed by atoms with Crippen molar-refractivity contribution in [2.75, 3.05) is 0 Å². The van der Waals surface area contributed by atoms with E-state index >= 15 is 0 Å². The van der Waals surface area contributed by atoms with Crippen LogP contribution in [0, 0.1) is 5.92 Å². The van der Waals surface area contributed by atoms with E-state index in [9.17, 15) is 9.59 Å². The highest BCUT2D eigenvalue weighted by molar-refractivity contribution is 5.72. The van der Waals surface area contributed by atoms with Crippen molar-refractivity contribution in [3.05, 3.63) is 0 Å². The minimum Gasteiger partial charge on any atom is -0.460 e. The third-order valence-corrected chi connectivity index (χ3v) is 2.72. The lowest BCUT2D eigenvalue weighted by molar-refractivity contribution is -0.142. The van der Waals surface area contributed by atoms with Crippen molar-refractivity contribution < 1.29 is 19.1 Å². The molecule has 0 bridgehead atoms. The van der Waals surface area contributed by atoms with Crippen molar-refractivity contribution in [2.45, 2.75) is 65.2 Å². The number of ether oxygens (including phenoxy) is 2. The summed E-state index contributed by atoms with van der Waals surface area (Å²) in [6, 6.07) is -0.203. The average molecular weight is 257 g/mol. The molecular formula is C13H23NO4. The van der Waals surface area contributed by atoms with Crippen molar-refractivity contribution in [3.8, 4) is 0 Å². The molecule has 0 aromatic heterocycles. The number of carbonyl (C=O) groups is 2. The largest absolute Gasteiger partial charge is 0.460 e. The van der Waals surface area contributed by atoms with Gasteiger partial charge in [-0.3, -0.25) is 4.79 Å². The standard InChI is InChI=1S/C13H23NO4/c1-8(2)11(9-6-7-10(15)17-9)14-12(16)18-13(3,4)5/h8-9,11H,6-7H2,1-5H3,(H,14,16)/t9-,11-/m0/s1. The first-order chi connectivity index (χ1) is 8.19. The summed E-state index contributed by atoms with van der Waals surface area (Å²) in [5.74, 6) is -0.0231. The topological polar surface area (TPSA) is 64.6 Å². The van der Waals surface area contributed by atoms with E-state index in [-0.39, 0.29) is 24.0 Å². The van der Waals surface area contributed by atoms with E-state index in [0.29, 0.717) is 12.8 Å². The molecule has 5 heteroatoms. The smallest absolute Gasteiger partial charge is 0.408 e. The molecule has 0 saturated carbocycles. The molecule has 1 fully saturated rings. The van der Waals surface area contributed by atoms with Crippen LogP contribution in [0.4, 0.5) is 4.79 Å². The van der Waals surface area contributed by atoms with Crippen LogP contribution in [-0.2, 0) is 14.3 Å². The second-order valence-corrected chi connectivity index (χ2v) is 5.98. The number of esters is 1. The van der Waals surface area contributed by atoms with Gasteiger partial charge in [0, 0.05) is 6.42 Å². The zero-order valence-electron chi connectivity index (χ0n) is 11.8. The lowest BCUT2D eigenvalue weighted by Gasteiger charge is -2.28. The summed E-state index contributed by atoms with van der Waals surface area (Å²) in [6.07, 6.45) is 0.357. The molecule has 0 aromatic carbocycles. The molecule has 1 saturated heterocycles. The van der Waals surface area contributed by atoms with Crippen LogP contribution >= 0.6 is 0 Å². The molecule has 0 radical (unpaired) electrons. The van der Waals surface area contributed by atoms with Crippen molar-refractivity contribution in [3.63, 3.8) is 0 Å². The van der Waals surface area contributed by atoms with Gasteiger partial charge in [-0.05, 0) is 33.1 Å². The maximum absolute atomic E-state index is 11.7. The first kappa shape index (κ1) is 14.8. The minimum absolute atomic E-state index is 0.174. The molecule has 5 nitrogen and oxygen atoms in total. The van der Waals surface area contributed by atoms with Crippen LogP contribution in [0.5, 0.6) is 0 Å². The van der Waals surface area contributed by atoms with Crippen LogP contribution in [-0.4, -0.2) is 29.8 Å². The van der Waals surface area contributed by atoms with Crippen molar-refractivity contribution in [2.24, 2.45) is 5.92 Å². The van der Waals surface area contributed by atoms with Gasteiger partial charge >= 0.3 is 12.1 Å². The Balaban J connectivity index is 2.58. The van der Waals surface area contributed by atoms with Gasteiger partial charge in [0.05, 0.1) is 6.04 Å². The monoisotopic (exact) mass is 257 g/mol. The molecule has 0 aliphatic carbocycles. The van der Waals surface area contributed by atoms with Gasteiger partial charge in [-0.15, -0.1) is 0 Å². The van der Waals surface area contributed by atoms with E-state index in [1.807, 2.05) is 34.6 Å². The van der Waals surface area contributed by atoms with Gasteiger partial charge in [0.25, 0.3) is 0 Å². The Morgan fingerprint density at radius 3 is 2.44 bits per heavy atom. The second-order valence-electron chi connectivity index (χ2n) is 5.98. The van der Waals surface area contributed by atoms with Gasteiger partial charge in [-0.2, -0.15) is 0 Å². The van der Waals surface area contributed by atoms with E-state index in [2.05, 4.69) is 5.32 Å². The normalized spacial score (nSPS) is 21.7. The molecule has 0 aromatic rings. The Morgan fingerprint density at radius 1 is 1.44 bits per heavy atom. The summed E-state index contributed by atoms with van der Waals surface area (Å²) in [4.78, 5) is 22.9. The molecule has 1 rings (SSSR count). The van der Waals surface area contributed by atoms with Gasteiger partial charge in [-0.1, -0.05) is 13.8 Å². The number of carbonyl (C=O) groups excluding carboxylic acids is 2. The number of cyclic esters (lactones) is 1. The van der Waals surface area contributed by atoms with Crippen LogP contribution in [0.3, 0.4) is 0 Å². The molecule has 1 N–H and O–H groups in total. The number of amides is 1. The molecule has 1 amide bonds. The first-order valence-corrected chi connectivity index (χ1v) is 6.38. The number of hydrogen-bond donors (Lipinski definition) is 1. The summed E-state index contributed by atoms with van der Waals surface area (Å²) in [6.45, 7) is 9.40. The molecule has 18 heavy (non-hydrogen) atoms. The van der Waals surface area contributed by atoms with Gasteiger partial charge in [0.15, 0.2) is 0 Å². The maximum Gasteiger partial charge on any atom is 0.408 e. The fourth-order valence-electron chi connectivity index (χ4n) is 1.93. The van der Waals surface area contributed by atoms with Gasteiger partial charge in [-0.25, -0.2) is 4.79 Å². The van der Waals surface area contributed by atoms with Crippen LogP contribution in [0.15, 0.2) is 0 Å². The Bertz CT molecular complexity index is 319. The highest BCUT2D eigenvalue weighted by Crippen LogP contribution is 2.22. The summed E-state index contributed by atoms with van der Waals surface area (Å²) in [5, 5.41) is 2.80. The van der Waals surface area contributed by atoms with Crippen molar-refractivity contribution >= 4 is 12.1 Å². The van der Waals surface area contributed by atoms with E-state index in [0.717, 1.165) is 0 Å². The first-order valence-electron chi connectivity index (χ1n) is 6.38. The highest BCUT2D eigenvalue weighted by atomic mass is 16.6. The third-order valence-electron chi connectivity index (χ3n) is 2.72. The predicted molar refractivity (Wildman–Crippen MR) is 67.1 cm³/mol. The Labute approximate surface area is 108 Å². The van der Waals surface area contributed by atoms with E-state index in [1.54, 1.807) is 0 Å². The lowest BCUT2D eigenvalue weighted by atomic mass is 9.97. The highest BCUT2D eigenvalue weighted by Gasteiger charge is 2.34. The molecule has 1 heterocycles. The summed E-state index contributed by atoms with van der Waals surface area (Å²) in [7, 11) is 0. The van der Waals surface area contributed by atoms with E-state index in [1.165, 1.54) is 0 Å². The van der Waals surface area contributed by atoms with Gasteiger partial charge in [0.1, 0.15) is 11.7 Å². The number of nitrogens with one attached hydrogen (secondary N) is 1. The van der Waals surface area contributed by atoms with Crippen LogP contribution in [0.25, 0.3) is 0 Å². The fourth-order valence-corrected chi connectivity index (χ4v) is 1.93. The minimum atomic E-state index is -0.530. The number of hydrogen-bond acceptors (Lipinski definition) is 4. The zero-order chi connectivity index (χ0) is 13.9. The Kier molecular flexibility index (Phi) is 4.59. The van der Waals surface area contributed by atoms with Crippen molar-refractivity contribution in [1.82, 2.24) is 5.32 Å². The molecule has 104 valence electrons. The summed E-state index contributed by atoms with van der Waals surface area (Å²) >= 11 is 0. The van der Waals surface area contributed by atoms with Crippen LogP contribution in [0.1, 0.15) is 47.5 Å². The molecule has 1 aliphatic heterocycles. The fraction of sp³-hybridized carbons (Fsp3) is 0.846. The second kappa shape index (κ2) is 5.59. The lowest BCUT2D eigenvalue weighted by Crippen LogP contribution is -2.48. The predicted octanol–water partition coefficient (Wildman–Crippen LogP) is 2.24. The summed E-state index contributed by atoms with van der Waals surface area (Å²) in [5.41, 5.74) is -0.530. The van der Waals surface area contributed by atoms with Crippen LogP contribution < -0.4 is 5.32 Å². The maximum atomic E-state index is 11.7. The van der Waals surface area contributed by atoms with Gasteiger partial charge < -0.3 is 14.8 Å². The van der Waals surface area contributed by atoms with Crippen LogP contribution in [0.2, 0.25) is 0 Å². The zero-order valence-corrected chi connectivity index (χ0v) is 11.8.